The van der Waals surface area contributed by atoms with Crippen LogP contribution in [-0.2, 0) is 24.2 Å². The second-order valence-electron chi connectivity index (χ2n) is 9.56. The number of aromatic amines is 1. The van der Waals surface area contributed by atoms with E-state index in [9.17, 15) is 4.79 Å². The molecule has 2 heterocycles. The largest absolute Gasteiger partial charge is 0.488 e. The molecule has 5 rings (SSSR count). The van der Waals surface area contributed by atoms with Gasteiger partial charge in [0.2, 0.25) is 5.91 Å². The number of tetrazole rings is 1. The molecule has 0 aliphatic heterocycles. The Morgan fingerprint density at radius 1 is 0.974 bits per heavy atom. The third-order valence-corrected chi connectivity index (χ3v) is 6.82. The summed E-state index contributed by atoms with van der Waals surface area (Å²) in [5.74, 6) is 1.45. The maximum absolute atomic E-state index is 13.2. The number of carbonyl (C=O) groups excluding carboxylic acids is 1. The summed E-state index contributed by atoms with van der Waals surface area (Å²) in [5, 5.41) is 18.7. The number of fused-ring (bicyclic) bond motifs is 1. The van der Waals surface area contributed by atoms with Crippen LogP contribution in [0.5, 0.6) is 5.75 Å². The Balaban J connectivity index is 1.41. The molecular weight excluding hydrogens is 476 g/mol. The van der Waals surface area contributed by atoms with Crippen LogP contribution in [0, 0.1) is 0 Å². The van der Waals surface area contributed by atoms with Gasteiger partial charge in [-0.25, -0.2) is 0 Å². The molecule has 0 aliphatic rings. The van der Waals surface area contributed by atoms with Gasteiger partial charge >= 0.3 is 0 Å². The van der Waals surface area contributed by atoms with E-state index in [1.165, 1.54) is 5.56 Å². The monoisotopic (exact) mass is 508 g/mol. The van der Waals surface area contributed by atoms with E-state index >= 15 is 0 Å². The number of nitrogens with zero attached hydrogens (tertiary/aromatic N) is 4. The van der Waals surface area contributed by atoms with E-state index in [1.807, 2.05) is 78.2 Å². The predicted molar refractivity (Wildman–Crippen MR) is 147 cm³/mol. The highest BCUT2D eigenvalue weighted by Gasteiger charge is 2.23. The summed E-state index contributed by atoms with van der Waals surface area (Å²) in [6, 6.07) is 25.9. The first-order valence-corrected chi connectivity index (χ1v) is 12.9. The van der Waals surface area contributed by atoms with E-state index in [1.54, 1.807) is 0 Å². The van der Waals surface area contributed by atoms with Crippen molar-refractivity contribution in [2.45, 2.75) is 45.3 Å². The van der Waals surface area contributed by atoms with Gasteiger partial charge in [0.1, 0.15) is 18.4 Å². The molecule has 38 heavy (non-hydrogen) atoms. The number of benzene rings is 3. The molecule has 0 radical (unpaired) electrons. The molecule has 0 saturated carbocycles. The fourth-order valence-corrected chi connectivity index (χ4v) is 4.74. The smallest absolute Gasteiger partial charge is 0.242 e. The second kappa shape index (κ2) is 11.7. The number of aromatic nitrogens is 5. The molecule has 1 amide bonds. The molecule has 2 N–H and O–H groups in total. The third-order valence-electron chi connectivity index (χ3n) is 6.82. The molecule has 194 valence electrons. The first-order chi connectivity index (χ1) is 18.6. The lowest BCUT2D eigenvalue weighted by atomic mass is 9.99. The molecule has 2 unspecified atom stereocenters. The fourth-order valence-electron chi connectivity index (χ4n) is 4.74. The Morgan fingerprint density at radius 3 is 2.42 bits per heavy atom. The van der Waals surface area contributed by atoms with Crippen molar-refractivity contribution in [3.8, 4) is 5.75 Å². The lowest BCUT2D eigenvalue weighted by molar-refractivity contribution is -0.123. The third kappa shape index (κ3) is 5.75. The summed E-state index contributed by atoms with van der Waals surface area (Å²) in [6.45, 7) is 5.04. The summed E-state index contributed by atoms with van der Waals surface area (Å²) in [6.07, 6.45) is 3.53. The summed E-state index contributed by atoms with van der Waals surface area (Å²) in [7, 11) is 0. The average Bonchev–Trinajstić information content (AvgIpc) is 3.62. The van der Waals surface area contributed by atoms with Crippen LogP contribution in [-0.4, -0.2) is 37.6 Å². The van der Waals surface area contributed by atoms with Gasteiger partial charge in [0.05, 0.1) is 5.52 Å². The van der Waals surface area contributed by atoms with Crippen LogP contribution >= 0.6 is 0 Å². The molecule has 2 atom stereocenters. The van der Waals surface area contributed by atoms with Gasteiger partial charge in [-0.2, -0.15) is 5.21 Å². The minimum Gasteiger partial charge on any atom is -0.488 e. The predicted octanol–water partition coefficient (Wildman–Crippen LogP) is 5.00. The molecular formula is C30H32N6O2. The SMILES string of the molecule is CC(Cc1cn(C(C)C(=O)NCCc2ccccc2)c2cccc(OCc3ccccc3)c12)c1nn[nH]n1. The van der Waals surface area contributed by atoms with Gasteiger partial charge < -0.3 is 14.6 Å². The van der Waals surface area contributed by atoms with E-state index in [2.05, 4.69) is 51.2 Å². The number of amides is 1. The molecule has 8 nitrogen and oxygen atoms in total. The highest BCUT2D eigenvalue weighted by molar-refractivity contribution is 5.92. The summed E-state index contributed by atoms with van der Waals surface area (Å²) in [5.41, 5.74) is 4.32. The second-order valence-corrected chi connectivity index (χ2v) is 9.56. The molecule has 0 saturated heterocycles. The first kappa shape index (κ1) is 25.2. The van der Waals surface area contributed by atoms with Gasteiger partial charge in [0.25, 0.3) is 0 Å². The Morgan fingerprint density at radius 2 is 1.71 bits per heavy atom. The van der Waals surface area contributed by atoms with Crippen LogP contribution < -0.4 is 10.1 Å². The topological polar surface area (TPSA) is 97.7 Å². The summed E-state index contributed by atoms with van der Waals surface area (Å²) in [4.78, 5) is 13.2. The molecule has 0 aliphatic carbocycles. The average molecular weight is 509 g/mol. The van der Waals surface area contributed by atoms with E-state index < -0.39 is 6.04 Å². The lowest BCUT2D eigenvalue weighted by Gasteiger charge is -2.16. The van der Waals surface area contributed by atoms with Crippen LogP contribution in [0.1, 0.15) is 48.3 Å². The van der Waals surface area contributed by atoms with Gasteiger partial charge in [0, 0.05) is 24.0 Å². The van der Waals surface area contributed by atoms with Crippen molar-refractivity contribution in [2.24, 2.45) is 0 Å². The van der Waals surface area contributed by atoms with Crippen molar-refractivity contribution >= 4 is 16.8 Å². The summed E-state index contributed by atoms with van der Waals surface area (Å²) < 4.78 is 8.36. The van der Waals surface area contributed by atoms with Crippen molar-refractivity contribution in [1.29, 1.82) is 0 Å². The van der Waals surface area contributed by atoms with Gasteiger partial charge in [-0.05, 0) is 48.6 Å². The van der Waals surface area contributed by atoms with Crippen molar-refractivity contribution in [3.63, 3.8) is 0 Å². The van der Waals surface area contributed by atoms with Crippen molar-refractivity contribution < 1.29 is 9.53 Å². The quantitative estimate of drug-likeness (QED) is 0.262. The number of rotatable bonds is 11. The van der Waals surface area contributed by atoms with Gasteiger partial charge in [-0.3, -0.25) is 4.79 Å². The normalized spacial score (nSPS) is 12.8. The van der Waals surface area contributed by atoms with E-state index in [-0.39, 0.29) is 11.8 Å². The molecule has 0 spiro atoms. The number of hydrogen-bond acceptors (Lipinski definition) is 5. The minimum atomic E-state index is -0.396. The van der Waals surface area contributed by atoms with Crippen LogP contribution in [0.3, 0.4) is 0 Å². The zero-order valence-electron chi connectivity index (χ0n) is 21.7. The Hall–Kier alpha value is -4.46. The molecule has 3 aromatic carbocycles. The lowest BCUT2D eigenvalue weighted by Crippen LogP contribution is -2.32. The van der Waals surface area contributed by atoms with Gasteiger partial charge in [-0.15, -0.1) is 10.2 Å². The Labute approximate surface area is 222 Å². The van der Waals surface area contributed by atoms with Crippen LogP contribution in [0.25, 0.3) is 10.9 Å². The summed E-state index contributed by atoms with van der Waals surface area (Å²) >= 11 is 0. The molecule has 0 fully saturated rings. The number of ether oxygens (including phenoxy) is 1. The van der Waals surface area contributed by atoms with Crippen LogP contribution in [0.15, 0.2) is 85.1 Å². The Bertz CT molecular complexity index is 1470. The number of nitrogens with one attached hydrogen (secondary N) is 2. The van der Waals surface area contributed by atoms with Crippen LogP contribution in [0.2, 0.25) is 0 Å². The molecule has 0 bridgehead atoms. The standard InChI is InChI=1S/C30H32N6O2/c1-21(29-32-34-35-33-29)18-25-19-36(22(2)30(37)31-17-16-23-10-5-3-6-11-23)26-14-9-15-27(28(25)26)38-20-24-12-7-4-8-13-24/h3-15,19,21-22H,16-18,20H2,1-2H3,(H,31,37)(H,32,33,34,35). The minimum absolute atomic E-state index is 0.0220. The van der Waals surface area contributed by atoms with Gasteiger partial charge in [0.15, 0.2) is 5.82 Å². The van der Waals surface area contributed by atoms with Crippen LogP contribution in [0.4, 0.5) is 0 Å². The number of carbonyl (C=O) groups is 1. The highest BCUT2D eigenvalue weighted by Crippen LogP contribution is 2.35. The first-order valence-electron chi connectivity index (χ1n) is 12.9. The van der Waals surface area contributed by atoms with Gasteiger partial charge in [-0.1, -0.05) is 78.9 Å². The van der Waals surface area contributed by atoms with E-state index in [0.717, 1.165) is 34.2 Å². The van der Waals surface area contributed by atoms with Crippen molar-refractivity contribution in [3.05, 3.63) is 108 Å². The van der Waals surface area contributed by atoms with E-state index in [4.69, 9.17) is 4.74 Å². The highest BCUT2D eigenvalue weighted by atomic mass is 16.5. The fraction of sp³-hybridized carbons (Fsp3) is 0.267. The molecule has 5 aromatic rings. The molecule has 8 heteroatoms. The zero-order valence-corrected chi connectivity index (χ0v) is 21.7. The number of H-pyrrole nitrogens is 1. The van der Waals surface area contributed by atoms with Crippen molar-refractivity contribution in [1.82, 2.24) is 30.5 Å². The maximum Gasteiger partial charge on any atom is 0.242 e. The Kier molecular flexibility index (Phi) is 7.78. The van der Waals surface area contributed by atoms with Crippen molar-refractivity contribution in [2.75, 3.05) is 6.54 Å². The number of hydrogen-bond donors (Lipinski definition) is 2. The zero-order chi connectivity index (χ0) is 26.3. The molecule has 2 aromatic heterocycles. The maximum atomic E-state index is 13.2. The van der Waals surface area contributed by atoms with E-state index in [0.29, 0.717) is 25.4 Å².